The van der Waals surface area contributed by atoms with Gasteiger partial charge in [0.15, 0.2) is 0 Å². The van der Waals surface area contributed by atoms with Gasteiger partial charge in [0.25, 0.3) is 0 Å². The number of thiol groups is 1. The average molecular weight is 173 g/mol. The molecule has 2 N–H and O–H groups in total. The van der Waals surface area contributed by atoms with Crippen LogP contribution in [0, 0.1) is 5.41 Å². The fourth-order valence-electron chi connectivity index (χ4n) is 1.74. The van der Waals surface area contributed by atoms with E-state index in [-0.39, 0.29) is 10.2 Å². The van der Waals surface area contributed by atoms with Crippen molar-refractivity contribution in [2.75, 3.05) is 0 Å². The lowest BCUT2D eigenvalue weighted by Gasteiger charge is -2.37. The molecular weight excluding hydrogens is 154 g/mol. The molecule has 66 valence electrons. The molecule has 0 aromatic rings. The van der Waals surface area contributed by atoms with Crippen molar-refractivity contribution in [1.82, 2.24) is 0 Å². The summed E-state index contributed by atoms with van der Waals surface area (Å²) in [6.45, 7) is 6.74. The van der Waals surface area contributed by atoms with Crippen LogP contribution >= 0.6 is 12.6 Å². The van der Waals surface area contributed by atoms with E-state index in [2.05, 4.69) is 20.8 Å². The molecule has 11 heavy (non-hydrogen) atoms. The maximum atomic E-state index is 5.86. The fourth-order valence-corrected chi connectivity index (χ4v) is 2.11. The van der Waals surface area contributed by atoms with Crippen molar-refractivity contribution in [2.45, 2.75) is 50.8 Å². The standard InChI is InChI=1S/C9H19NS/c1-8(2,3)9(11)5-4-7(10)6-9/h7,11H,4-6,10H2,1-3H3. The zero-order chi connectivity index (χ0) is 8.70. The second kappa shape index (κ2) is 2.67. The van der Waals surface area contributed by atoms with Gasteiger partial charge in [0, 0.05) is 10.8 Å². The lowest BCUT2D eigenvalue weighted by Crippen LogP contribution is -2.36. The molecule has 0 amide bonds. The molecule has 1 saturated carbocycles. The normalized spacial score (nSPS) is 39.5. The predicted octanol–water partition coefficient (Wildman–Crippen LogP) is 2.21. The lowest BCUT2D eigenvalue weighted by molar-refractivity contribution is 0.285. The predicted molar refractivity (Wildman–Crippen MR) is 53.0 cm³/mol. The average Bonchev–Trinajstić information content (AvgIpc) is 2.10. The van der Waals surface area contributed by atoms with Crippen molar-refractivity contribution >= 4 is 12.6 Å². The fraction of sp³-hybridized carbons (Fsp3) is 1.00. The van der Waals surface area contributed by atoms with Gasteiger partial charge in [-0.25, -0.2) is 0 Å². The summed E-state index contributed by atoms with van der Waals surface area (Å²) in [6, 6.07) is 0.381. The minimum Gasteiger partial charge on any atom is -0.328 e. The zero-order valence-corrected chi connectivity index (χ0v) is 8.62. The van der Waals surface area contributed by atoms with E-state index in [0.29, 0.717) is 6.04 Å². The molecule has 0 spiro atoms. The highest BCUT2D eigenvalue weighted by Crippen LogP contribution is 2.47. The highest BCUT2D eigenvalue weighted by Gasteiger charge is 2.43. The Hall–Kier alpha value is 0.310. The molecular formula is C9H19NS. The summed E-state index contributed by atoms with van der Waals surface area (Å²) in [7, 11) is 0. The third-order valence-corrected chi connectivity index (χ3v) is 4.00. The molecule has 1 fully saturated rings. The largest absolute Gasteiger partial charge is 0.328 e. The molecule has 0 bridgehead atoms. The topological polar surface area (TPSA) is 26.0 Å². The van der Waals surface area contributed by atoms with Crippen molar-refractivity contribution in [3.05, 3.63) is 0 Å². The molecule has 2 unspecified atom stereocenters. The summed E-state index contributed by atoms with van der Waals surface area (Å²) in [4.78, 5) is 0. The van der Waals surface area contributed by atoms with Crippen LogP contribution in [-0.4, -0.2) is 10.8 Å². The lowest BCUT2D eigenvalue weighted by atomic mass is 9.78. The summed E-state index contributed by atoms with van der Waals surface area (Å²) in [6.07, 6.45) is 3.38. The maximum absolute atomic E-state index is 5.86. The quantitative estimate of drug-likeness (QED) is 0.540. The van der Waals surface area contributed by atoms with Gasteiger partial charge in [0.2, 0.25) is 0 Å². The van der Waals surface area contributed by atoms with Crippen LogP contribution in [-0.2, 0) is 0 Å². The minimum absolute atomic E-state index is 0.173. The number of hydrogen-bond donors (Lipinski definition) is 2. The van der Waals surface area contributed by atoms with Gasteiger partial charge >= 0.3 is 0 Å². The molecule has 0 heterocycles. The van der Waals surface area contributed by atoms with Crippen molar-refractivity contribution < 1.29 is 0 Å². The SMILES string of the molecule is CC(C)(C)C1(S)CCC(N)C1. The Morgan fingerprint density at radius 1 is 1.45 bits per heavy atom. The smallest absolute Gasteiger partial charge is 0.0193 e. The Bertz CT molecular complexity index is 150. The number of hydrogen-bond acceptors (Lipinski definition) is 2. The van der Waals surface area contributed by atoms with Crippen LogP contribution in [0.15, 0.2) is 0 Å². The van der Waals surface area contributed by atoms with Crippen LogP contribution in [0.3, 0.4) is 0 Å². The first-order chi connectivity index (χ1) is 4.85. The van der Waals surface area contributed by atoms with Gasteiger partial charge < -0.3 is 5.73 Å². The second-order valence-electron chi connectivity index (χ2n) is 4.78. The molecule has 0 saturated heterocycles. The molecule has 1 aliphatic carbocycles. The van der Waals surface area contributed by atoms with Gasteiger partial charge in [-0.2, -0.15) is 12.6 Å². The van der Waals surface area contributed by atoms with Crippen LogP contribution in [0.2, 0.25) is 0 Å². The molecule has 2 atom stereocenters. The summed E-state index contributed by atoms with van der Waals surface area (Å²) in [5.41, 5.74) is 6.14. The summed E-state index contributed by atoms with van der Waals surface area (Å²) in [5, 5.41) is 0. The molecule has 2 heteroatoms. The molecule has 0 aromatic carbocycles. The molecule has 0 radical (unpaired) electrons. The Morgan fingerprint density at radius 3 is 2.18 bits per heavy atom. The molecule has 1 aliphatic rings. The van der Waals surface area contributed by atoms with Crippen molar-refractivity contribution in [3.63, 3.8) is 0 Å². The van der Waals surface area contributed by atoms with E-state index >= 15 is 0 Å². The maximum Gasteiger partial charge on any atom is 0.0193 e. The van der Waals surface area contributed by atoms with E-state index in [1.165, 1.54) is 6.42 Å². The summed E-state index contributed by atoms with van der Waals surface area (Å²) >= 11 is 4.74. The van der Waals surface area contributed by atoms with Gasteiger partial charge in [-0.05, 0) is 24.7 Å². The monoisotopic (exact) mass is 173 g/mol. The van der Waals surface area contributed by atoms with E-state index in [4.69, 9.17) is 18.4 Å². The number of nitrogens with two attached hydrogens (primary N) is 1. The minimum atomic E-state index is 0.173. The van der Waals surface area contributed by atoms with Crippen LogP contribution in [0.25, 0.3) is 0 Å². The van der Waals surface area contributed by atoms with Crippen molar-refractivity contribution in [2.24, 2.45) is 11.1 Å². The van der Waals surface area contributed by atoms with Gasteiger partial charge in [-0.3, -0.25) is 0 Å². The van der Waals surface area contributed by atoms with Gasteiger partial charge in [-0.15, -0.1) is 0 Å². The Labute approximate surface area is 75.1 Å². The van der Waals surface area contributed by atoms with E-state index < -0.39 is 0 Å². The van der Waals surface area contributed by atoms with Gasteiger partial charge in [0.1, 0.15) is 0 Å². The molecule has 0 aromatic heterocycles. The van der Waals surface area contributed by atoms with Crippen molar-refractivity contribution in [1.29, 1.82) is 0 Å². The van der Waals surface area contributed by atoms with Crippen LogP contribution in [0.5, 0.6) is 0 Å². The van der Waals surface area contributed by atoms with E-state index in [1.807, 2.05) is 0 Å². The van der Waals surface area contributed by atoms with Crippen LogP contribution in [0.1, 0.15) is 40.0 Å². The Kier molecular flexibility index (Phi) is 2.28. The van der Waals surface area contributed by atoms with E-state index in [1.54, 1.807) is 0 Å². The Balaban J connectivity index is 2.69. The first kappa shape index (κ1) is 9.40. The van der Waals surface area contributed by atoms with Gasteiger partial charge in [0.05, 0.1) is 0 Å². The zero-order valence-electron chi connectivity index (χ0n) is 7.72. The first-order valence-corrected chi connectivity index (χ1v) is 4.78. The van der Waals surface area contributed by atoms with E-state index in [9.17, 15) is 0 Å². The van der Waals surface area contributed by atoms with Crippen LogP contribution < -0.4 is 5.73 Å². The molecule has 1 rings (SSSR count). The highest BCUT2D eigenvalue weighted by molar-refractivity contribution is 7.81. The number of rotatable bonds is 0. The molecule has 1 nitrogen and oxygen atoms in total. The highest BCUT2D eigenvalue weighted by atomic mass is 32.1. The van der Waals surface area contributed by atoms with Gasteiger partial charge in [-0.1, -0.05) is 20.8 Å². The third kappa shape index (κ3) is 1.73. The first-order valence-electron chi connectivity index (χ1n) is 4.33. The molecule has 0 aliphatic heterocycles. The Morgan fingerprint density at radius 2 is 2.00 bits per heavy atom. The van der Waals surface area contributed by atoms with E-state index in [0.717, 1.165) is 12.8 Å². The van der Waals surface area contributed by atoms with Crippen LogP contribution in [0.4, 0.5) is 0 Å². The third-order valence-electron chi connectivity index (χ3n) is 2.92. The second-order valence-corrected chi connectivity index (χ2v) is 5.64. The summed E-state index contributed by atoms with van der Waals surface area (Å²) < 4.78 is 0.173. The van der Waals surface area contributed by atoms with Crippen molar-refractivity contribution in [3.8, 4) is 0 Å². The summed E-state index contributed by atoms with van der Waals surface area (Å²) in [5.74, 6) is 0.